The van der Waals surface area contributed by atoms with Crippen LogP contribution in [0.1, 0.15) is 18.6 Å². The first kappa shape index (κ1) is 15.7. The highest BCUT2D eigenvalue weighted by Gasteiger charge is 2.14. The van der Waals surface area contributed by atoms with Crippen LogP contribution in [0.15, 0.2) is 40.9 Å². The molecule has 0 radical (unpaired) electrons. The molecule has 2 aromatic carbocycles. The van der Waals surface area contributed by atoms with E-state index in [1.54, 1.807) is 39.3 Å². The zero-order valence-corrected chi connectivity index (χ0v) is 13.7. The lowest BCUT2D eigenvalue weighted by molar-refractivity contribution is 0.199. The molecule has 0 fully saturated rings. The molecule has 0 amide bonds. The van der Waals surface area contributed by atoms with Gasteiger partial charge >= 0.3 is 0 Å². The molecular weight excluding hydrogens is 336 g/mol. The average molecular weight is 353 g/mol. The Bertz CT molecular complexity index is 603. The van der Waals surface area contributed by atoms with Gasteiger partial charge in [-0.05, 0) is 52.7 Å². The molecule has 0 aromatic heterocycles. The zero-order valence-electron chi connectivity index (χ0n) is 12.1. The number of rotatable bonds is 5. The molecule has 0 unspecified atom stereocenters. The molecule has 2 aromatic rings. The number of methoxy groups -OCH3 is 2. The fourth-order valence-corrected chi connectivity index (χ4v) is 2.36. The van der Waals surface area contributed by atoms with Gasteiger partial charge in [0.05, 0.1) is 24.8 Å². The third-order valence-electron chi connectivity index (χ3n) is 3.03. The highest BCUT2D eigenvalue weighted by atomic mass is 79.9. The summed E-state index contributed by atoms with van der Waals surface area (Å²) in [4.78, 5) is 0. The van der Waals surface area contributed by atoms with Crippen LogP contribution >= 0.6 is 15.9 Å². The molecule has 112 valence electrons. The minimum Gasteiger partial charge on any atom is -0.493 e. The summed E-state index contributed by atoms with van der Waals surface area (Å²) in [5.41, 5.74) is 0.807. The van der Waals surface area contributed by atoms with Gasteiger partial charge in [0.2, 0.25) is 5.75 Å². The quantitative estimate of drug-likeness (QED) is 0.870. The molecule has 1 N–H and O–H groups in total. The second-order valence-electron chi connectivity index (χ2n) is 4.46. The van der Waals surface area contributed by atoms with E-state index in [0.717, 1.165) is 10.0 Å². The number of benzene rings is 2. The smallest absolute Gasteiger partial charge is 0.211 e. The van der Waals surface area contributed by atoms with Gasteiger partial charge < -0.3 is 19.3 Å². The van der Waals surface area contributed by atoms with Crippen LogP contribution in [0, 0.1) is 0 Å². The number of para-hydroxylation sites is 1. The van der Waals surface area contributed by atoms with Gasteiger partial charge in [-0.25, -0.2) is 0 Å². The number of ether oxygens (including phenoxy) is 3. The molecule has 0 aliphatic rings. The Balaban J connectivity index is 2.38. The monoisotopic (exact) mass is 352 g/mol. The Labute approximate surface area is 132 Å². The predicted octanol–water partition coefficient (Wildman–Crippen LogP) is 4.31. The van der Waals surface area contributed by atoms with E-state index in [2.05, 4.69) is 15.9 Å². The van der Waals surface area contributed by atoms with Crippen LogP contribution in [-0.2, 0) is 0 Å². The lowest BCUT2D eigenvalue weighted by Crippen LogP contribution is -1.96. The first-order valence-corrected chi connectivity index (χ1v) is 7.22. The van der Waals surface area contributed by atoms with Crippen molar-refractivity contribution >= 4 is 15.9 Å². The van der Waals surface area contributed by atoms with Gasteiger partial charge in [-0.1, -0.05) is 12.1 Å². The van der Waals surface area contributed by atoms with E-state index in [4.69, 9.17) is 14.2 Å². The Hall–Kier alpha value is -1.72. The standard InChI is InChI=1S/C16H17BrO4/c1-10(18)11-7-8-13(12(17)9-11)21-16-14(19-2)5-4-6-15(16)20-3/h4-10,18H,1-3H3/t10-/m0/s1. The third kappa shape index (κ3) is 3.49. The van der Waals surface area contributed by atoms with Gasteiger partial charge in [0.1, 0.15) is 5.75 Å². The second kappa shape index (κ2) is 6.83. The molecule has 0 saturated carbocycles. The molecule has 21 heavy (non-hydrogen) atoms. The summed E-state index contributed by atoms with van der Waals surface area (Å²) in [5, 5.41) is 9.59. The van der Waals surface area contributed by atoms with Crippen molar-refractivity contribution in [3.63, 3.8) is 0 Å². The van der Waals surface area contributed by atoms with Crippen molar-refractivity contribution in [2.24, 2.45) is 0 Å². The van der Waals surface area contributed by atoms with E-state index < -0.39 is 6.10 Å². The highest BCUT2D eigenvalue weighted by molar-refractivity contribution is 9.10. The molecule has 0 aliphatic heterocycles. The summed E-state index contributed by atoms with van der Waals surface area (Å²) >= 11 is 3.45. The average Bonchev–Trinajstić information content (AvgIpc) is 2.49. The second-order valence-corrected chi connectivity index (χ2v) is 5.31. The Kier molecular flexibility index (Phi) is 5.09. The van der Waals surface area contributed by atoms with Crippen molar-refractivity contribution in [2.75, 3.05) is 14.2 Å². The molecule has 0 heterocycles. The summed E-state index contributed by atoms with van der Waals surface area (Å²) in [6, 6.07) is 10.9. The van der Waals surface area contributed by atoms with Crippen molar-refractivity contribution in [1.82, 2.24) is 0 Å². The first-order valence-electron chi connectivity index (χ1n) is 6.43. The largest absolute Gasteiger partial charge is 0.493 e. The molecule has 4 nitrogen and oxygen atoms in total. The maximum Gasteiger partial charge on any atom is 0.211 e. The molecule has 1 atom stereocenters. The Morgan fingerprint density at radius 2 is 1.62 bits per heavy atom. The maximum atomic E-state index is 9.59. The van der Waals surface area contributed by atoms with E-state index in [-0.39, 0.29) is 0 Å². The fraction of sp³-hybridized carbons (Fsp3) is 0.250. The van der Waals surface area contributed by atoms with Crippen LogP contribution < -0.4 is 14.2 Å². The molecule has 0 aliphatic carbocycles. The van der Waals surface area contributed by atoms with Gasteiger partial charge in [-0.3, -0.25) is 0 Å². The van der Waals surface area contributed by atoms with Crippen molar-refractivity contribution in [3.05, 3.63) is 46.4 Å². The number of halogens is 1. The SMILES string of the molecule is COc1cccc(OC)c1Oc1ccc([C@H](C)O)cc1Br. The van der Waals surface area contributed by atoms with Gasteiger partial charge in [0.25, 0.3) is 0 Å². The van der Waals surface area contributed by atoms with Gasteiger partial charge in [-0.2, -0.15) is 0 Å². The van der Waals surface area contributed by atoms with E-state index in [1.165, 1.54) is 0 Å². The third-order valence-corrected chi connectivity index (χ3v) is 3.65. The topological polar surface area (TPSA) is 47.9 Å². The van der Waals surface area contributed by atoms with Crippen molar-refractivity contribution < 1.29 is 19.3 Å². The Morgan fingerprint density at radius 3 is 2.10 bits per heavy atom. The Morgan fingerprint density at radius 1 is 1.00 bits per heavy atom. The number of aliphatic hydroxyl groups is 1. The number of hydrogen-bond acceptors (Lipinski definition) is 4. The van der Waals surface area contributed by atoms with E-state index in [1.807, 2.05) is 18.2 Å². The predicted molar refractivity (Wildman–Crippen MR) is 84.4 cm³/mol. The van der Waals surface area contributed by atoms with Crippen LogP contribution in [-0.4, -0.2) is 19.3 Å². The van der Waals surface area contributed by atoms with Crippen LogP contribution in [0.3, 0.4) is 0 Å². The van der Waals surface area contributed by atoms with Crippen molar-refractivity contribution in [3.8, 4) is 23.0 Å². The number of hydrogen-bond donors (Lipinski definition) is 1. The van der Waals surface area contributed by atoms with Crippen LogP contribution in [0.4, 0.5) is 0 Å². The van der Waals surface area contributed by atoms with E-state index >= 15 is 0 Å². The minimum absolute atomic E-state index is 0.507. The molecule has 5 heteroatoms. The zero-order chi connectivity index (χ0) is 15.4. The molecular formula is C16H17BrO4. The molecule has 2 rings (SSSR count). The van der Waals surface area contributed by atoms with Gasteiger partial charge in [0, 0.05) is 0 Å². The first-order chi connectivity index (χ1) is 10.1. The van der Waals surface area contributed by atoms with Crippen molar-refractivity contribution in [2.45, 2.75) is 13.0 Å². The van der Waals surface area contributed by atoms with E-state index in [9.17, 15) is 5.11 Å². The van der Waals surface area contributed by atoms with Crippen molar-refractivity contribution in [1.29, 1.82) is 0 Å². The van der Waals surface area contributed by atoms with Crippen LogP contribution in [0.25, 0.3) is 0 Å². The minimum atomic E-state index is -0.531. The summed E-state index contributed by atoms with van der Waals surface area (Å²) in [5.74, 6) is 2.29. The maximum absolute atomic E-state index is 9.59. The fourth-order valence-electron chi connectivity index (χ4n) is 1.89. The summed E-state index contributed by atoms with van der Waals surface area (Å²) in [6.07, 6.45) is -0.531. The lowest BCUT2D eigenvalue weighted by atomic mass is 10.1. The number of aliphatic hydroxyl groups excluding tert-OH is 1. The highest BCUT2D eigenvalue weighted by Crippen LogP contribution is 2.42. The van der Waals surface area contributed by atoms with Crippen LogP contribution in [0.2, 0.25) is 0 Å². The van der Waals surface area contributed by atoms with E-state index in [0.29, 0.717) is 23.0 Å². The molecule has 0 spiro atoms. The molecule has 0 bridgehead atoms. The summed E-state index contributed by atoms with van der Waals surface area (Å²) in [7, 11) is 3.15. The van der Waals surface area contributed by atoms with Crippen LogP contribution in [0.5, 0.6) is 23.0 Å². The lowest BCUT2D eigenvalue weighted by Gasteiger charge is -2.15. The summed E-state index contributed by atoms with van der Waals surface area (Å²) in [6.45, 7) is 1.71. The van der Waals surface area contributed by atoms with Gasteiger partial charge in [-0.15, -0.1) is 0 Å². The molecule has 0 saturated heterocycles. The van der Waals surface area contributed by atoms with Gasteiger partial charge in [0.15, 0.2) is 11.5 Å². The summed E-state index contributed by atoms with van der Waals surface area (Å²) < 4.78 is 17.3. The normalized spacial score (nSPS) is 11.9.